The van der Waals surface area contributed by atoms with E-state index in [1.807, 2.05) is 18.7 Å². The molecule has 0 N–H and O–H groups in total. The Morgan fingerprint density at radius 1 is 1.60 bits per heavy atom. The fourth-order valence-corrected chi connectivity index (χ4v) is 4.88. The van der Waals surface area contributed by atoms with Crippen molar-refractivity contribution in [3.63, 3.8) is 0 Å². The van der Waals surface area contributed by atoms with Gasteiger partial charge in [-0.25, -0.2) is 8.42 Å². The highest BCUT2D eigenvalue weighted by molar-refractivity contribution is 8.00. The van der Waals surface area contributed by atoms with E-state index < -0.39 is 10.0 Å². The minimum Gasteiger partial charge on any atom is -0.212 e. The maximum atomic E-state index is 12.0. The standard InChI is InChI=1S/C9H18ClNO2S2/c1-8(5-10)7-15(12,13)11-3-4-14-9(2)6-11/h8-9H,3-7H2,1-2H3. The van der Waals surface area contributed by atoms with Crippen LogP contribution in [0.25, 0.3) is 0 Å². The van der Waals surface area contributed by atoms with Crippen molar-refractivity contribution in [1.82, 2.24) is 4.31 Å². The Kier molecular flexibility index (Phi) is 5.22. The van der Waals surface area contributed by atoms with Crippen LogP contribution in [-0.2, 0) is 10.0 Å². The van der Waals surface area contributed by atoms with Crippen molar-refractivity contribution in [1.29, 1.82) is 0 Å². The summed E-state index contributed by atoms with van der Waals surface area (Å²) in [5, 5.41) is 0.403. The van der Waals surface area contributed by atoms with E-state index in [-0.39, 0.29) is 11.7 Å². The zero-order chi connectivity index (χ0) is 11.5. The largest absolute Gasteiger partial charge is 0.214 e. The van der Waals surface area contributed by atoms with Gasteiger partial charge in [0.2, 0.25) is 10.0 Å². The van der Waals surface area contributed by atoms with Gasteiger partial charge in [0.15, 0.2) is 0 Å². The smallest absolute Gasteiger partial charge is 0.212 e. The van der Waals surface area contributed by atoms with Crippen molar-refractivity contribution in [3.05, 3.63) is 0 Å². The molecule has 0 saturated carbocycles. The van der Waals surface area contributed by atoms with Crippen molar-refractivity contribution in [2.45, 2.75) is 19.1 Å². The highest BCUT2D eigenvalue weighted by atomic mass is 35.5. The molecule has 1 rings (SSSR count). The Balaban J connectivity index is 2.60. The summed E-state index contributed by atoms with van der Waals surface area (Å²) in [7, 11) is -3.09. The van der Waals surface area contributed by atoms with Gasteiger partial charge >= 0.3 is 0 Å². The van der Waals surface area contributed by atoms with Crippen LogP contribution in [0, 0.1) is 5.92 Å². The van der Waals surface area contributed by atoms with Crippen molar-refractivity contribution < 1.29 is 8.42 Å². The summed E-state index contributed by atoms with van der Waals surface area (Å²) >= 11 is 7.47. The number of nitrogens with zero attached hydrogens (tertiary/aromatic N) is 1. The summed E-state index contributed by atoms with van der Waals surface area (Å²) < 4.78 is 25.5. The number of hydrogen-bond donors (Lipinski definition) is 0. The molecule has 15 heavy (non-hydrogen) atoms. The van der Waals surface area contributed by atoms with Crippen LogP contribution in [-0.4, -0.2) is 48.4 Å². The van der Waals surface area contributed by atoms with E-state index in [0.29, 0.717) is 24.2 Å². The Bertz CT molecular complexity index is 294. The van der Waals surface area contributed by atoms with E-state index >= 15 is 0 Å². The maximum Gasteiger partial charge on any atom is 0.214 e. The molecule has 0 aromatic carbocycles. The van der Waals surface area contributed by atoms with E-state index in [2.05, 4.69) is 6.92 Å². The lowest BCUT2D eigenvalue weighted by molar-refractivity contribution is 0.420. The number of alkyl halides is 1. The molecule has 90 valence electrons. The number of rotatable bonds is 4. The summed E-state index contributed by atoms with van der Waals surface area (Å²) in [5.74, 6) is 1.50. The molecule has 0 aliphatic carbocycles. The first-order valence-corrected chi connectivity index (χ1v) is 8.30. The van der Waals surface area contributed by atoms with Gasteiger partial charge in [0, 0.05) is 30.0 Å². The molecule has 1 aliphatic rings. The Morgan fingerprint density at radius 3 is 2.80 bits per heavy atom. The third-order valence-corrected chi connectivity index (χ3v) is 6.13. The Morgan fingerprint density at radius 2 is 2.27 bits per heavy atom. The second-order valence-corrected chi connectivity index (χ2v) is 7.95. The predicted octanol–water partition coefficient (Wildman–Crippen LogP) is 1.63. The van der Waals surface area contributed by atoms with Crippen LogP contribution < -0.4 is 0 Å². The molecule has 0 amide bonds. The second kappa shape index (κ2) is 5.75. The first-order chi connectivity index (χ1) is 6.95. The van der Waals surface area contributed by atoms with Crippen molar-refractivity contribution in [2.75, 3.05) is 30.5 Å². The molecule has 0 aromatic heterocycles. The van der Waals surface area contributed by atoms with Crippen LogP contribution in [0.1, 0.15) is 13.8 Å². The third kappa shape index (κ3) is 4.13. The highest BCUT2D eigenvalue weighted by Gasteiger charge is 2.28. The van der Waals surface area contributed by atoms with Gasteiger partial charge in [-0.3, -0.25) is 0 Å². The molecule has 0 spiro atoms. The minimum absolute atomic E-state index is 0.0292. The molecule has 0 radical (unpaired) electrons. The van der Waals surface area contributed by atoms with E-state index in [1.165, 1.54) is 0 Å². The average Bonchev–Trinajstić information content (AvgIpc) is 2.17. The lowest BCUT2D eigenvalue weighted by Crippen LogP contribution is -2.43. The Hall–Kier alpha value is 0.550. The molecule has 1 saturated heterocycles. The summed E-state index contributed by atoms with van der Waals surface area (Å²) in [4.78, 5) is 0. The lowest BCUT2D eigenvalue weighted by atomic mass is 10.3. The van der Waals surface area contributed by atoms with Gasteiger partial charge in [-0.1, -0.05) is 13.8 Å². The molecule has 0 aromatic rings. The molecular formula is C9H18ClNO2S2. The lowest BCUT2D eigenvalue weighted by Gasteiger charge is -2.30. The van der Waals surface area contributed by atoms with Gasteiger partial charge < -0.3 is 0 Å². The van der Waals surface area contributed by atoms with Gasteiger partial charge in [0.05, 0.1) is 5.75 Å². The minimum atomic E-state index is -3.09. The number of halogens is 1. The number of thioether (sulfide) groups is 1. The van der Waals surface area contributed by atoms with Crippen LogP contribution in [0.5, 0.6) is 0 Å². The van der Waals surface area contributed by atoms with Crippen LogP contribution in [0.2, 0.25) is 0 Å². The predicted molar refractivity (Wildman–Crippen MR) is 67.2 cm³/mol. The molecule has 6 heteroatoms. The van der Waals surface area contributed by atoms with E-state index in [4.69, 9.17) is 11.6 Å². The molecular weight excluding hydrogens is 254 g/mol. The fraction of sp³-hybridized carbons (Fsp3) is 1.00. The van der Waals surface area contributed by atoms with Gasteiger partial charge in [0.25, 0.3) is 0 Å². The van der Waals surface area contributed by atoms with Gasteiger partial charge in [0.1, 0.15) is 0 Å². The SMILES string of the molecule is CC(CCl)CS(=O)(=O)N1CCSC(C)C1. The average molecular weight is 272 g/mol. The number of hydrogen-bond acceptors (Lipinski definition) is 3. The fourth-order valence-electron chi connectivity index (χ4n) is 1.55. The first kappa shape index (κ1) is 13.6. The van der Waals surface area contributed by atoms with Crippen molar-refractivity contribution >= 4 is 33.4 Å². The van der Waals surface area contributed by atoms with Crippen molar-refractivity contribution in [3.8, 4) is 0 Å². The van der Waals surface area contributed by atoms with Gasteiger partial charge in [-0.2, -0.15) is 16.1 Å². The molecule has 2 atom stereocenters. The second-order valence-electron chi connectivity index (χ2n) is 4.08. The van der Waals surface area contributed by atoms with Crippen LogP contribution in [0.4, 0.5) is 0 Å². The first-order valence-electron chi connectivity index (χ1n) is 5.11. The van der Waals surface area contributed by atoms with Gasteiger partial charge in [-0.05, 0) is 5.92 Å². The van der Waals surface area contributed by atoms with E-state index in [0.717, 1.165) is 5.75 Å². The monoisotopic (exact) mass is 271 g/mol. The van der Waals surface area contributed by atoms with E-state index in [9.17, 15) is 8.42 Å². The zero-order valence-electron chi connectivity index (χ0n) is 9.15. The normalized spacial score (nSPS) is 26.5. The summed E-state index contributed by atoms with van der Waals surface area (Å²) in [5.41, 5.74) is 0. The molecule has 1 heterocycles. The molecule has 2 unspecified atom stereocenters. The maximum absolute atomic E-state index is 12.0. The summed E-state index contributed by atoms with van der Waals surface area (Å²) in [6.45, 7) is 5.22. The van der Waals surface area contributed by atoms with Crippen LogP contribution >= 0.6 is 23.4 Å². The van der Waals surface area contributed by atoms with Crippen LogP contribution in [0.3, 0.4) is 0 Å². The number of sulfonamides is 1. The van der Waals surface area contributed by atoms with E-state index in [1.54, 1.807) is 4.31 Å². The topological polar surface area (TPSA) is 37.4 Å². The summed E-state index contributed by atoms with van der Waals surface area (Å²) in [6, 6.07) is 0. The molecule has 3 nitrogen and oxygen atoms in total. The van der Waals surface area contributed by atoms with Gasteiger partial charge in [-0.15, -0.1) is 11.6 Å². The quantitative estimate of drug-likeness (QED) is 0.730. The molecule has 0 bridgehead atoms. The summed E-state index contributed by atoms with van der Waals surface area (Å²) in [6.07, 6.45) is 0. The van der Waals surface area contributed by atoms with Crippen molar-refractivity contribution in [2.24, 2.45) is 5.92 Å². The molecule has 1 aliphatic heterocycles. The van der Waals surface area contributed by atoms with Crippen LogP contribution in [0.15, 0.2) is 0 Å². The molecule has 1 fully saturated rings. The highest BCUT2D eigenvalue weighted by Crippen LogP contribution is 2.21. The zero-order valence-corrected chi connectivity index (χ0v) is 11.5. The third-order valence-electron chi connectivity index (χ3n) is 2.36. The Labute approximate surface area is 102 Å².